The molecule has 0 amide bonds. The Morgan fingerprint density at radius 3 is 2.69 bits per heavy atom. The average molecular weight is 220 g/mol. The monoisotopic (exact) mass is 220 g/mol. The Labute approximate surface area is 97.3 Å². The second-order valence-electron chi connectivity index (χ2n) is 4.68. The summed E-state index contributed by atoms with van der Waals surface area (Å²) in [6.45, 7) is 2.57. The first kappa shape index (κ1) is 11.5. The second kappa shape index (κ2) is 5.35. The molecule has 0 aromatic heterocycles. The van der Waals surface area contributed by atoms with Crippen molar-refractivity contribution in [2.75, 3.05) is 6.61 Å². The zero-order valence-electron chi connectivity index (χ0n) is 9.86. The van der Waals surface area contributed by atoms with E-state index in [9.17, 15) is 5.11 Å². The van der Waals surface area contributed by atoms with Crippen molar-refractivity contribution in [1.29, 1.82) is 0 Å². The van der Waals surface area contributed by atoms with Crippen LogP contribution in [0.4, 0.5) is 0 Å². The normalized spacial score (nSPS) is 18.6. The third kappa shape index (κ3) is 2.76. The number of para-hydroxylation sites is 1. The van der Waals surface area contributed by atoms with Gasteiger partial charge in [-0.3, -0.25) is 0 Å². The molecule has 0 bridgehead atoms. The molecular weight excluding hydrogens is 200 g/mol. The molecule has 1 saturated carbocycles. The van der Waals surface area contributed by atoms with Crippen LogP contribution in [0.2, 0.25) is 0 Å². The molecule has 1 aliphatic carbocycles. The lowest BCUT2D eigenvalue weighted by Crippen LogP contribution is -2.09. The van der Waals surface area contributed by atoms with Gasteiger partial charge in [-0.25, -0.2) is 0 Å². The summed E-state index contributed by atoms with van der Waals surface area (Å²) in [6.07, 6.45) is 4.80. The van der Waals surface area contributed by atoms with Gasteiger partial charge in [0.2, 0.25) is 0 Å². The molecule has 1 atom stereocenters. The fourth-order valence-corrected chi connectivity index (χ4v) is 2.34. The molecule has 16 heavy (non-hydrogen) atoms. The molecule has 0 saturated heterocycles. The van der Waals surface area contributed by atoms with Crippen molar-refractivity contribution < 1.29 is 9.84 Å². The van der Waals surface area contributed by atoms with Crippen LogP contribution in [0.25, 0.3) is 0 Å². The van der Waals surface area contributed by atoms with Crippen LogP contribution in [0.1, 0.15) is 44.3 Å². The Balaban J connectivity index is 1.97. The van der Waals surface area contributed by atoms with Crippen LogP contribution in [0.15, 0.2) is 24.3 Å². The van der Waals surface area contributed by atoms with Crippen LogP contribution in [0.3, 0.4) is 0 Å². The van der Waals surface area contributed by atoms with Crippen LogP contribution in [0.5, 0.6) is 5.75 Å². The van der Waals surface area contributed by atoms with Crippen molar-refractivity contribution in [3.8, 4) is 5.75 Å². The van der Waals surface area contributed by atoms with E-state index in [1.807, 2.05) is 24.3 Å². The zero-order valence-corrected chi connectivity index (χ0v) is 9.86. The van der Waals surface area contributed by atoms with E-state index in [2.05, 4.69) is 0 Å². The zero-order chi connectivity index (χ0) is 11.4. The summed E-state index contributed by atoms with van der Waals surface area (Å²) in [4.78, 5) is 0. The van der Waals surface area contributed by atoms with E-state index in [0.29, 0.717) is 5.92 Å². The van der Waals surface area contributed by atoms with E-state index in [4.69, 9.17) is 4.74 Å². The standard InChI is InChI=1S/C14H20O2/c1-11(15)13-8-4-5-9-14(13)16-10-12-6-2-3-7-12/h4-5,8-9,11-12,15H,2-3,6-7,10H2,1H3. The minimum Gasteiger partial charge on any atom is -0.493 e. The van der Waals surface area contributed by atoms with Gasteiger partial charge in [0.15, 0.2) is 0 Å². The van der Waals surface area contributed by atoms with Gasteiger partial charge >= 0.3 is 0 Å². The molecular formula is C14H20O2. The lowest BCUT2D eigenvalue weighted by Gasteiger charge is -2.15. The molecule has 0 radical (unpaired) electrons. The number of benzene rings is 1. The Morgan fingerprint density at radius 2 is 2.00 bits per heavy atom. The Kier molecular flexibility index (Phi) is 3.83. The van der Waals surface area contributed by atoms with Crippen LogP contribution < -0.4 is 4.74 Å². The molecule has 0 aliphatic heterocycles. The Morgan fingerprint density at radius 1 is 1.31 bits per heavy atom. The van der Waals surface area contributed by atoms with Gasteiger partial charge in [0.25, 0.3) is 0 Å². The summed E-state index contributed by atoms with van der Waals surface area (Å²) in [7, 11) is 0. The number of hydrogen-bond donors (Lipinski definition) is 1. The van der Waals surface area contributed by atoms with Gasteiger partial charge in [-0.1, -0.05) is 31.0 Å². The third-order valence-electron chi connectivity index (χ3n) is 3.32. The topological polar surface area (TPSA) is 29.5 Å². The molecule has 1 aromatic rings. The minimum absolute atomic E-state index is 0.459. The molecule has 1 aliphatic rings. The maximum atomic E-state index is 9.62. The Hall–Kier alpha value is -1.02. The van der Waals surface area contributed by atoms with Crippen LogP contribution in [0, 0.1) is 5.92 Å². The second-order valence-corrected chi connectivity index (χ2v) is 4.68. The SMILES string of the molecule is CC(O)c1ccccc1OCC1CCCC1. The largest absolute Gasteiger partial charge is 0.493 e. The number of aliphatic hydroxyl groups is 1. The molecule has 1 N–H and O–H groups in total. The van der Waals surface area contributed by atoms with Gasteiger partial charge < -0.3 is 9.84 Å². The highest BCUT2D eigenvalue weighted by molar-refractivity contribution is 5.34. The van der Waals surface area contributed by atoms with Crippen molar-refractivity contribution >= 4 is 0 Å². The summed E-state index contributed by atoms with van der Waals surface area (Å²) in [5.41, 5.74) is 0.889. The van der Waals surface area contributed by atoms with E-state index in [0.717, 1.165) is 17.9 Å². The molecule has 0 heterocycles. The van der Waals surface area contributed by atoms with Crippen molar-refractivity contribution in [3.05, 3.63) is 29.8 Å². The summed E-state index contributed by atoms with van der Waals surface area (Å²) >= 11 is 0. The fourth-order valence-electron chi connectivity index (χ4n) is 2.34. The maximum absolute atomic E-state index is 9.62. The first-order chi connectivity index (χ1) is 7.77. The van der Waals surface area contributed by atoms with Crippen molar-refractivity contribution in [1.82, 2.24) is 0 Å². The van der Waals surface area contributed by atoms with Gasteiger partial charge in [-0.2, -0.15) is 0 Å². The lowest BCUT2D eigenvalue weighted by atomic mass is 10.1. The molecule has 2 nitrogen and oxygen atoms in total. The molecule has 2 rings (SSSR count). The highest BCUT2D eigenvalue weighted by Crippen LogP contribution is 2.28. The number of rotatable bonds is 4. The third-order valence-corrected chi connectivity index (χ3v) is 3.32. The van der Waals surface area contributed by atoms with Gasteiger partial charge in [0.1, 0.15) is 5.75 Å². The lowest BCUT2D eigenvalue weighted by molar-refractivity contribution is 0.186. The van der Waals surface area contributed by atoms with E-state index in [1.54, 1.807) is 6.92 Å². The van der Waals surface area contributed by atoms with Crippen LogP contribution in [-0.2, 0) is 0 Å². The quantitative estimate of drug-likeness (QED) is 0.843. The fraction of sp³-hybridized carbons (Fsp3) is 0.571. The molecule has 0 spiro atoms. The van der Waals surface area contributed by atoms with Gasteiger partial charge in [0, 0.05) is 5.56 Å². The van der Waals surface area contributed by atoms with E-state index >= 15 is 0 Å². The predicted octanol–water partition coefficient (Wildman–Crippen LogP) is 3.31. The smallest absolute Gasteiger partial charge is 0.125 e. The molecule has 1 fully saturated rings. The van der Waals surface area contributed by atoms with E-state index in [1.165, 1.54) is 25.7 Å². The van der Waals surface area contributed by atoms with Crippen LogP contribution in [-0.4, -0.2) is 11.7 Å². The summed E-state index contributed by atoms with van der Waals surface area (Å²) in [5, 5.41) is 9.62. The average Bonchev–Trinajstić information content (AvgIpc) is 2.79. The van der Waals surface area contributed by atoms with Crippen molar-refractivity contribution in [2.24, 2.45) is 5.92 Å². The highest BCUT2D eigenvalue weighted by atomic mass is 16.5. The minimum atomic E-state index is -0.459. The van der Waals surface area contributed by atoms with Gasteiger partial charge in [-0.05, 0) is 31.7 Å². The predicted molar refractivity (Wildman–Crippen MR) is 64.5 cm³/mol. The highest BCUT2D eigenvalue weighted by Gasteiger charge is 2.16. The van der Waals surface area contributed by atoms with Crippen molar-refractivity contribution in [3.63, 3.8) is 0 Å². The first-order valence-corrected chi connectivity index (χ1v) is 6.17. The molecule has 2 heteroatoms. The first-order valence-electron chi connectivity index (χ1n) is 6.17. The van der Waals surface area contributed by atoms with E-state index in [-0.39, 0.29) is 0 Å². The van der Waals surface area contributed by atoms with E-state index < -0.39 is 6.10 Å². The Bertz CT molecular complexity index is 327. The van der Waals surface area contributed by atoms with Gasteiger partial charge in [0.05, 0.1) is 12.7 Å². The number of ether oxygens (including phenoxy) is 1. The summed E-state index contributed by atoms with van der Waals surface area (Å²) in [5.74, 6) is 1.55. The molecule has 1 aromatic carbocycles. The van der Waals surface area contributed by atoms with Crippen LogP contribution >= 0.6 is 0 Å². The summed E-state index contributed by atoms with van der Waals surface area (Å²) < 4.78 is 5.82. The van der Waals surface area contributed by atoms with Crippen molar-refractivity contribution in [2.45, 2.75) is 38.7 Å². The molecule has 1 unspecified atom stereocenters. The number of aliphatic hydroxyl groups excluding tert-OH is 1. The summed E-state index contributed by atoms with van der Waals surface area (Å²) in [6, 6.07) is 7.76. The number of hydrogen-bond acceptors (Lipinski definition) is 2. The molecule has 88 valence electrons. The maximum Gasteiger partial charge on any atom is 0.125 e. The van der Waals surface area contributed by atoms with Gasteiger partial charge in [-0.15, -0.1) is 0 Å².